The molecule has 1 aliphatic carbocycles. The maximum absolute atomic E-state index is 11.8. The molecule has 4 nitrogen and oxygen atoms in total. The molecule has 3 unspecified atom stereocenters. The number of rotatable bonds is 6. The van der Waals surface area contributed by atoms with E-state index in [1.165, 1.54) is 32.1 Å². The minimum absolute atomic E-state index is 0.138. The number of nitrogens with one attached hydrogen (secondary N) is 2. The largest absolute Gasteiger partial charge is 0.444 e. The second-order valence-corrected chi connectivity index (χ2v) is 7.22. The van der Waals surface area contributed by atoms with Gasteiger partial charge in [-0.3, -0.25) is 0 Å². The molecule has 0 saturated heterocycles. The molecule has 2 N–H and O–H groups in total. The maximum atomic E-state index is 11.8. The predicted octanol–water partition coefficient (Wildman–Crippen LogP) is 3.85. The van der Waals surface area contributed by atoms with Crippen molar-refractivity contribution in [2.24, 2.45) is 5.92 Å². The van der Waals surface area contributed by atoms with E-state index in [0.29, 0.717) is 6.04 Å². The Kier molecular flexibility index (Phi) is 7.50. The van der Waals surface area contributed by atoms with E-state index in [-0.39, 0.29) is 12.1 Å². The van der Waals surface area contributed by atoms with Gasteiger partial charge in [0.25, 0.3) is 0 Å². The first-order valence-corrected chi connectivity index (χ1v) is 8.58. The molecule has 124 valence electrons. The van der Waals surface area contributed by atoms with Crippen molar-refractivity contribution in [3.8, 4) is 0 Å². The Morgan fingerprint density at radius 2 is 1.90 bits per heavy atom. The summed E-state index contributed by atoms with van der Waals surface area (Å²) in [5.41, 5.74) is -0.438. The number of hydrogen-bond acceptors (Lipinski definition) is 3. The lowest BCUT2D eigenvalue weighted by Crippen LogP contribution is -2.48. The van der Waals surface area contributed by atoms with Crippen molar-refractivity contribution >= 4 is 6.09 Å². The zero-order valence-electron chi connectivity index (χ0n) is 14.5. The monoisotopic (exact) mass is 298 g/mol. The standard InChI is InChI=1S/C17H34N2O2/c1-6-13-10-8-9-11-15(13)18-12-14(7-2)19-16(20)21-17(3,4)5/h13-15,18H,6-12H2,1-5H3,(H,19,20). The Labute approximate surface area is 130 Å². The van der Waals surface area contributed by atoms with Crippen LogP contribution in [-0.4, -0.2) is 30.3 Å². The molecule has 1 fully saturated rings. The highest BCUT2D eigenvalue weighted by atomic mass is 16.6. The summed E-state index contributed by atoms with van der Waals surface area (Å²) < 4.78 is 5.33. The molecule has 0 heterocycles. The average molecular weight is 298 g/mol. The van der Waals surface area contributed by atoms with Gasteiger partial charge in [0.15, 0.2) is 0 Å². The smallest absolute Gasteiger partial charge is 0.407 e. The minimum atomic E-state index is -0.438. The molecule has 1 rings (SSSR count). The van der Waals surface area contributed by atoms with E-state index >= 15 is 0 Å². The van der Waals surface area contributed by atoms with Gasteiger partial charge in [-0.15, -0.1) is 0 Å². The lowest BCUT2D eigenvalue weighted by molar-refractivity contribution is 0.0500. The van der Waals surface area contributed by atoms with Gasteiger partial charge in [0, 0.05) is 18.6 Å². The van der Waals surface area contributed by atoms with Crippen molar-refractivity contribution in [2.45, 2.75) is 90.8 Å². The van der Waals surface area contributed by atoms with Crippen LogP contribution in [0.3, 0.4) is 0 Å². The van der Waals surface area contributed by atoms with Crippen LogP contribution in [0.5, 0.6) is 0 Å². The molecular formula is C17H34N2O2. The van der Waals surface area contributed by atoms with Gasteiger partial charge in [0.1, 0.15) is 5.60 Å². The van der Waals surface area contributed by atoms with Crippen LogP contribution in [0.1, 0.15) is 73.1 Å². The van der Waals surface area contributed by atoms with Gasteiger partial charge in [-0.25, -0.2) is 4.79 Å². The van der Waals surface area contributed by atoms with E-state index in [1.807, 2.05) is 20.8 Å². The summed E-state index contributed by atoms with van der Waals surface area (Å²) in [6, 6.07) is 0.748. The van der Waals surface area contributed by atoms with E-state index in [2.05, 4.69) is 24.5 Å². The molecule has 0 spiro atoms. The van der Waals surface area contributed by atoms with E-state index in [9.17, 15) is 4.79 Å². The summed E-state index contributed by atoms with van der Waals surface area (Å²) >= 11 is 0. The number of carbonyl (C=O) groups excluding carboxylic acids is 1. The van der Waals surface area contributed by atoms with Crippen LogP contribution in [0, 0.1) is 5.92 Å². The van der Waals surface area contributed by atoms with Crippen molar-refractivity contribution in [2.75, 3.05) is 6.54 Å². The van der Waals surface area contributed by atoms with E-state index < -0.39 is 5.60 Å². The molecule has 0 aromatic carbocycles. The summed E-state index contributed by atoms with van der Waals surface area (Å²) in [5.74, 6) is 0.790. The molecule has 0 aromatic rings. The zero-order valence-corrected chi connectivity index (χ0v) is 14.5. The van der Waals surface area contributed by atoms with Crippen molar-refractivity contribution < 1.29 is 9.53 Å². The zero-order chi connectivity index (χ0) is 15.9. The fourth-order valence-corrected chi connectivity index (χ4v) is 3.03. The highest BCUT2D eigenvalue weighted by Crippen LogP contribution is 2.26. The van der Waals surface area contributed by atoms with Gasteiger partial charge in [-0.05, 0) is 46.0 Å². The van der Waals surface area contributed by atoms with Crippen LogP contribution in [-0.2, 0) is 4.74 Å². The summed E-state index contributed by atoms with van der Waals surface area (Å²) in [4.78, 5) is 11.8. The summed E-state index contributed by atoms with van der Waals surface area (Å²) in [7, 11) is 0. The van der Waals surface area contributed by atoms with E-state index in [1.54, 1.807) is 0 Å². The van der Waals surface area contributed by atoms with Gasteiger partial charge in [0.2, 0.25) is 0 Å². The Balaban J connectivity index is 2.38. The number of amides is 1. The Morgan fingerprint density at radius 1 is 1.24 bits per heavy atom. The van der Waals surface area contributed by atoms with Crippen LogP contribution in [0.25, 0.3) is 0 Å². The average Bonchev–Trinajstić information content (AvgIpc) is 2.41. The van der Waals surface area contributed by atoms with Crippen LogP contribution < -0.4 is 10.6 Å². The summed E-state index contributed by atoms with van der Waals surface area (Å²) in [6.07, 6.45) is 7.14. The van der Waals surface area contributed by atoms with E-state index in [0.717, 1.165) is 18.9 Å². The fraction of sp³-hybridized carbons (Fsp3) is 0.941. The lowest BCUT2D eigenvalue weighted by atomic mass is 9.83. The van der Waals surface area contributed by atoms with Crippen LogP contribution in [0.15, 0.2) is 0 Å². The molecule has 0 aromatic heterocycles. The van der Waals surface area contributed by atoms with Gasteiger partial charge in [-0.1, -0.05) is 33.1 Å². The highest BCUT2D eigenvalue weighted by Gasteiger charge is 2.24. The van der Waals surface area contributed by atoms with Crippen LogP contribution >= 0.6 is 0 Å². The first kappa shape index (κ1) is 18.3. The van der Waals surface area contributed by atoms with Gasteiger partial charge < -0.3 is 15.4 Å². The van der Waals surface area contributed by atoms with Gasteiger partial charge >= 0.3 is 6.09 Å². The predicted molar refractivity (Wildman–Crippen MR) is 87.5 cm³/mol. The Hall–Kier alpha value is -0.770. The summed E-state index contributed by atoms with van der Waals surface area (Å²) in [6.45, 7) is 10.9. The Morgan fingerprint density at radius 3 is 2.48 bits per heavy atom. The van der Waals surface area contributed by atoms with Crippen molar-refractivity contribution in [3.05, 3.63) is 0 Å². The van der Waals surface area contributed by atoms with Gasteiger partial charge in [-0.2, -0.15) is 0 Å². The number of alkyl carbamates (subject to hydrolysis) is 1. The molecule has 0 aliphatic heterocycles. The molecule has 1 aliphatic rings. The first-order chi connectivity index (χ1) is 9.85. The molecule has 0 bridgehead atoms. The number of carbonyl (C=O) groups is 1. The van der Waals surface area contributed by atoms with Crippen molar-refractivity contribution in [3.63, 3.8) is 0 Å². The van der Waals surface area contributed by atoms with E-state index in [4.69, 9.17) is 4.74 Å². The SMILES string of the molecule is CCC(CNC1CCCCC1CC)NC(=O)OC(C)(C)C. The quantitative estimate of drug-likeness (QED) is 0.783. The summed E-state index contributed by atoms with van der Waals surface area (Å²) in [5, 5.41) is 6.64. The third kappa shape index (κ3) is 7.16. The molecule has 1 amide bonds. The van der Waals surface area contributed by atoms with Crippen LogP contribution in [0.4, 0.5) is 4.79 Å². The topological polar surface area (TPSA) is 50.4 Å². The normalized spacial score (nSPS) is 24.4. The third-order valence-electron chi connectivity index (χ3n) is 4.27. The second-order valence-electron chi connectivity index (χ2n) is 7.22. The fourth-order valence-electron chi connectivity index (χ4n) is 3.03. The molecule has 1 saturated carbocycles. The maximum Gasteiger partial charge on any atom is 0.407 e. The third-order valence-corrected chi connectivity index (χ3v) is 4.27. The molecule has 4 heteroatoms. The number of ether oxygens (including phenoxy) is 1. The van der Waals surface area contributed by atoms with Gasteiger partial charge in [0.05, 0.1) is 0 Å². The Bertz CT molecular complexity index is 312. The number of hydrogen-bond donors (Lipinski definition) is 2. The molecule has 0 radical (unpaired) electrons. The molecule has 21 heavy (non-hydrogen) atoms. The van der Waals surface area contributed by atoms with Crippen molar-refractivity contribution in [1.29, 1.82) is 0 Å². The lowest BCUT2D eigenvalue weighted by Gasteiger charge is -2.33. The second kappa shape index (κ2) is 8.62. The van der Waals surface area contributed by atoms with Crippen molar-refractivity contribution in [1.82, 2.24) is 10.6 Å². The first-order valence-electron chi connectivity index (χ1n) is 8.58. The minimum Gasteiger partial charge on any atom is -0.444 e. The molecule has 3 atom stereocenters. The molecular weight excluding hydrogens is 264 g/mol. The highest BCUT2D eigenvalue weighted by molar-refractivity contribution is 5.68. The van der Waals surface area contributed by atoms with Crippen LogP contribution in [0.2, 0.25) is 0 Å².